The van der Waals surface area contributed by atoms with Gasteiger partial charge in [-0.05, 0) is 6.07 Å². The molecule has 1 aliphatic rings. The molecular weight excluding hydrogens is 230 g/mol. The molecule has 1 heterocycles. The standard InChI is InChI=1S/C10H9NO6/c12-10(16-6-7-5-15-7)17-9-4-2-1-3-8(9)11(13)14/h1-4,7H,5-6H2. The molecule has 0 saturated carbocycles. The predicted molar refractivity (Wildman–Crippen MR) is 54.8 cm³/mol. The van der Waals surface area contributed by atoms with Crippen molar-refractivity contribution in [2.75, 3.05) is 13.2 Å². The molecule has 0 radical (unpaired) electrons. The van der Waals surface area contributed by atoms with Crippen LogP contribution >= 0.6 is 0 Å². The first kappa shape index (κ1) is 11.3. The Morgan fingerprint density at radius 3 is 2.88 bits per heavy atom. The summed E-state index contributed by atoms with van der Waals surface area (Å²) < 4.78 is 14.3. The molecule has 0 amide bonds. The Morgan fingerprint density at radius 1 is 1.53 bits per heavy atom. The molecule has 0 aliphatic carbocycles. The molecule has 1 aromatic rings. The summed E-state index contributed by atoms with van der Waals surface area (Å²) in [4.78, 5) is 21.2. The molecule has 1 unspecified atom stereocenters. The molecule has 0 spiro atoms. The molecule has 1 saturated heterocycles. The second kappa shape index (κ2) is 4.79. The van der Waals surface area contributed by atoms with Gasteiger partial charge in [-0.3, -0.25) is 10.1 Å². The Bertz CT molecular complexity index is 442. The number of para-hydroxylation sites is 2. The highest BCUT2D eigenvalue weighted by Crippen LogP contribution is 2.26. The number of hydrogen-bond acceptors (Lipinski definition) is 6. The number of carbonyl (C=O) groups excluding carboxylic acids is 1. The number of carbonyl (C=O) groups is 1. The molecule has 1 atom stereocenters. The van der Waals surface area contributed by atoms with Crippen molar-refractivity contribution in [2.24, 2.45) is 0 Å². The van der Waals surface area contributed by atoms with Crippen molar-refractivity contribution < 1.29 is 23.9 Å². The van der Waals surface area contributed by atoms with Crippen LogP contribution in [0, 0.1) is 10.1 Å². The van der Waals surface area contributed by atoms with Crippen molar-refractivity contribution in [3.05, 3.63) is 34.4 Å². The van der Waals surface area contributed by atoms with Crippen molar-refractivity contribution in [1.82, 2.24) is 0 Å². The average molecular weight is 239 g/mol. The third-order valence-corrected chi connectivity index (χ3v) is 2.04. The molecule has 0 bridgehead atoms. The van der Waals surface area contributed by atoms with Crippen molar-refractivity contribution in [3.63, 3.8) is 0 Å². The number of epoxide rings is 1. The van der Waals surface area contributed by atoms with Gasteiger partial charge in [-0.15, -0.1) is 0 Å². The van der Waals surface area contributed by atoms with Crippen molar-refractivity contribution in [3.8, 4) is 5.75 Å². The van der Waals surface area contributed by atoms with E-state index >= 15 is 0 Å². The molecule has 1 aromatic carbocycles. The van der Waals surface area contributed by atoms with Gasteiger partial charge in [0.1, 0.15) is 12.7 Å². The first-order chi connectivity index (χ1) is 8.16. The van der Waals surface area contributed by atoms with E-state index in [0.717, 1.165) is 0 Å². The molecule has 2 rings (SSSR count). The summed E-state index contributed by atoms with van der Waals surface area (Å²) in [6.45, 7) is 0.651. The number of ether oxygens (including phenoxy) is 3. The van der Waals surface area contributed by atoms with Gasteiger partial charge in [0.2, 0.25) is 5.75 Å². The van der Waals surface area contributed by atoms with Crippen LogP contribution in [0.15, 0.2) is 24.3 Å². The van der Waals surface area contributed by atoms with Crippen LogP contribution in [0.5, 0.6) is 5.75 Å². The van der Waals surface area contributed by atoms with Crippen molar-refractivity contribution in [2.45, 2.75) is 6.10 Å². The maximum Gasteiger partial charge on any atom is 0.514 e. The van der Waals surface area contributed by atoms with Crippen LogP contribution in [0.2, 0.25) is 0 Å². The minimum Gasteiger partial charge on any atom is -0.431 e. The molecule has 1 fully saturated rings. The van der Waals surface area contributed by atoms with E-state index in [1.807, 2.05) is 0 Å². The van der Waals surface area contributed by atoms with E-state index in [9.17, 15) is 14.9 Å². The van der Waals surface area contributed by atoms with Crippen LogP contribution in [-0.4, -0.2) is 30.4 Å². The lowest BCUT2D eigenvalue weighted by Gasteiger charge is -2.04. The largest absolute Gasteiger partial charge is 0.514 e. The number of nitrogens with zero attached hydrogens (tertiary/aromatic N) is 1. The second-order valence-electron chi connectivity index (χ2n) is 3.34. The Hall–Kier alpha value is -2.15. The zero-order valence-electron chi connectivity index (χ0n) is 8.70. The third-order valence-electron chi connectivity index (χ3n) is 2.04. The molecule has 17 heavy (non-hydrogen) atoms. The van der Waals surface area contributed by atoms with Crippen LogP contribution in [-0.2, 0) is 9.47 Å². The quantitative estimate of drug-likeness (QED) is 0.260. The first-order valence-electron chi connectivity index (χ1n) is 4.86. The fourth-order valence-corrected chi connectivity index (χ4v) is 1.14. The lowest BCUT2D eigenvalue weighted by atomic mass is 10.3. The molecule has 90 valence electrons. The molecule has 0 aromatic heterocycles. The molecule has 7 heteroatoms. The number of hydrogen-bond donors (Lipinski definition) is 0. The fourth-order valence-electron chi connectivity index (χ4n) is 1.14. The van der Waals surface area contributed by atoms with Crippen molar-refractivity contribution in [1.29, 1.82) is 0 Å². The van der Waals surface area contributed by atoms with Crippen LogP contribution < -0.4 is 4.74 Å². The third kappa shape index (κ3) is 3.15. The lowest BCUT2D eigenvalue weighted by molar-refractivity contribution is -0.385. The van der Waals surface area contributed by atoms with E-state index < -0.39 is 11.1 Å². The van der Waals surface area contributed by atoms with E-state index in [1.54, 1.807) is 0 Å². The Kier molecular flexibility index (Phi) is 3.20. The van der Waals surface area contributed by atoms with Gasteiger partial charge in [-0.25, -0.2) is 4.79 Å². The summed E-state index contributed by atoms with van der Waals surface area (Å²) in [5, 5.41) is 10.6. The minimum absolute atomic E-state index is 0.0756. The summed E-state index contributed by atoms with van der Waals surface area (Å²) in [5.74, 6) is -0.140. The van der Waals surface area contributed by atoms with Gasteiger partial charge in [0.25, 0.3) is 0 Å². The SMILES string of the molecule is O=C(OCC1CO1)Oc1ccccc1[N+](=O)[O-]. The Morgan fingerprint density at radius 2 is 2.24 bits per heavy atom. The van der Waals surface area contributed by atoms with Crippen molar-refractivity contribution >= 4 is 11.8 Å². The summed E-state index contributed by atoms with van der Waals surface area (Å²) in [5.41, 5.74) is -0.285. The zero-order valence-corrected chi connectivity index (χ0v) is 8.70. The van der Waals surface area contributed by atoms with Crippen LogP contribution in [0.1, 0.15) is 0 Å². The number of nitro groups is 1. The molecule has 0 N–H and O–H groups in total. The maximum atomic E-state index is 11.2. The monoisotopic (exact) mass is 239 g/mol. The normalized spacial score (nSPS) is 17.3. The van der Waals surface area contributed by atoms with Gasteiger partial charge in [0, 0.05) is 6.07 Å². The van der Waals surface area contributed by atoms with E-state index in [2.05, 4.69) is 0 Å². The minimum atomic E-state index is -0.977. The van der Waals surface area contributed by atoms with E-state index in [-0.39, 0.29) is 24.1 Å². The predicted octanol–water partition coefficient (Wildman–Crippen LogP) is 1.51. The van der Waals surface area contributed by atoms with Gasteiger partial charge in [0.05, 0.1) is 11.5 Å². The highest BCUT2D eigenvalue weighted by Gasteiger charge is 2.25. The van der Waals surface area contributed by atoms with Gasteiger partial charge < -0.3 is 14.2 Å². The van der Waals surface area contributed by atoms with Crippen LogP contribution in [0.3, 0.4) is 0 Å². The molecule has 7 nitrogen and oxygen atoms in total. The summed E-state index contributed by atoms with van der Waals surface area (Å²) >= 11 is 0. The van der Waals surface area contributed by atoms with Crippen LogP contribution in [0.4, 0.5) is 10.5 Å². The highest BCUT2D eigenvalue weighted by molar-refractivity contribution is 5.66. The second-order valence-corrected chi connectivity index (χ2v) is 3.34. The highest BCUT2D eigenvalue weighted by atomic mass is 16.7. The van der Waals surface area contributed by atoms with E-state index in [1.165, 1.54) is 24.3 Å². The topological polar surface area (TPSA) is 91.2 Å². The zero-order chi connectivity index (χ0) is 12.3. The van der Waals surface area contributed by atoms with E-state index in [4.69, 9.17) is 14.2 Å². The molecular formula is C10H9NO6. The summed E-state index contributed by atoms with van der Waals surface area (Å²) in [7, 11) is 0. The first-order valence-corrected chi connectivity index (χ1v) is 4.86. The van der Waals surface area contributed by atoms with Crippen LogP contribution in [0.25, 0.3) is 0 Å². The Balaban J connectivity index is 1.96. The van der Waals surface area contributed by atoms with E-state index in [0.29, 0.717) is 6.61 Å². The fraction of sp³-hybridized carbons (Fsp3) is 0.300. The number of nitro benzene ring substituents is 1. The summed E-state index contributed by atoms with van der Waals surface area (Å²) in [6.07, 6.45) is -1.05. The number of rotatable bonds is 4. The number of benzene rings is 1. The average Bonchev–Trinajstić information content (AvgIpc) is 3.10. The van der Waals surface area contributed by atoms with Gasteiger partial charge >= 0.3 is 11.8 Å². The lowest BCUT2D eigenvalue weighted by Crippen LogP contribution is -2.14. The smallest absolute Gasteiger partial charge is 0.431 e. The van der Waals surface area contributed by atoms with Gasteiger partial charge in [-0.2, -0.15) is 0 Å². The molecule has 1 aliphatic heterocycles. The maximum absolute atomic E-state index is 11.2. The van der Waals surface area contributed by atoms with Gasteiger partial charge in [0.15, 0.2) is 0 Å². The van der Waals surface area contributed by atoms with Gasteiger partial charge in [-0.1, -0.05) is 12.1 Å². The Labute approximate surface area is 96.0 Å². The summed E-state index contributed by atoms with van der Waals surface area (Å²) in [6, 6.07) is 5.58.